The summed E-state index contributed by atoms with van der Waals surface area (Å²) in [5.74, 6) is 0. The van der Waals surface area contributed by atoms with Gasteiger partial charge in [0.25, 0.3) is 0 Å². The van der Waals surface area contributed by atoms with Gasteiger partial charge in [0.2, 0.25) is 0 Å². The summed E-state index contributed by atoms with van der Waals surface area (Å²) in [6, 6.07) is 0.664. The largest absolute Gasteiger partial charge is 0.383 e. The monoisotopic (exact) mass is 230 g/mol. The lowest BCUT2D eigenvalue weighted by Crippen LogP contribution is -2.45. The summed E-state index contributed by atoms with van der Waals surface area (Å²) in [5.41, 5.74) is 0. The summed E-state index contributed by atoms with van der Waals surface area (Å²) in [6.45, 7) is 4.69. The van der Waals surface area contributed by atoms with Gasteiger partial charge < -0.3 is 15.0 Å². The van der Waals surface area contributed by atoms with Crippen LogP contribution >= 0.6 is 12.2 Å². The average Bonchev–Trinajstić information content (AvgIpc) is 2.73. The molecule has 0 aromatic rings. The SMILES string of the molecule is CCN(C(=S)NCCOC)C1CCCC1. The van der Waals surface area contributed by atoms with Crippen LogP contribution in [0.1, 0.15) is 32.6 Å². The van der Waals surface area contributed by atoms with Crippen molar-refractivity contribution in [2.24, 2.45) is 0 Å². The zero-order valence-corrected chi connectivity index (χ0v) is 10.6. The van der Waals surface area contributed by atoms with Crippen molar-refractivity contribution in [3.63, 3.8) is 0 Å². The molecule has 0 aliphatic heterocycles. The van der Waals surface area contributed by atoms with Crippen molar-refractivity contribution >= 4 is 17.3 Å². The summed E-state index contributed by atoms with van der Waals surface area (Å²) in [4.78, 5) is 2.32. The zero-order valence-electron chi connectivity index (χ0n) is 9.79. The van der Waals surface area contributed by atoms with Gasteiger partial charge in [0.15, 0.2) is 5.11 Å². The Morgan fingerprint density at radius 3 is 2.67 bits per heavy atom. The molecule has 0 amide bonds. The van der Waals surface area contributed by atoms with E-state index in [9.17, 15) is 0 Å². The van der Waals surface area contributed by atoms with Gasteiger partial charge in [0.1, 0.15) is 0 Å². The number of nitrogens with one attached hydrogen (secondary N) is 1. The van der Waals surface area contributed by atoms with Crippen molar-refractivity contribution in [3.05, 3.63) is 0 Å². The van der Waals surface area contributed by atoms with Crippen LogP contribution < -0.4 is 5.32 Å². The molecule has 0 atom stereocenters. The van der Waals surface area contributed by atoms with E-state index in [0.29, 0.717) is 12.6 Å². The minimum absolute atomic E-state index is 0.664. The van der Waals surface area contributed by atoms with Gasteiger partial charge in [0.05, 0.1) is 6.61 Å². The Kier molecular flexibility index (Phi) is 5.95. The van der Waals surface area contributed by atoms with Gasteiger partial charge in [-0.25, -0.2) is 0 Å². The Bertz CT molecular complexity index is 193. The molecule has 1 saturated carbocycles. The lowest BCUT2D eigenvalue weighted by molar-refractivity contribution is 0.202. The van der Waals surface area contributed by atoms with Gasteiger partial charge in [-0.15, -0.1) is 0 Å². The summed E-state index contributed by atoms with van der Waals surface area (Å²) in [5, 5.41) is 4.13. The van der Waals surface area contributed by atoms with E-state index >= 15 is 0 Å². The fourth-order valence-corrected chi connectivity index (χ4v) is 2.53. The van der Waals surface area contributed by atoms with E-state index < -0.39 is 0 Å². The second-order valence-corrected chi connectivity index (χ2v) is 4.34. The van der Waals surface area contributed by atoms with Crippen LogP contribution in [0.4, 0.5) is 0 Å². The van der Waals surface area contributed by atoms with Crippen LogP contribution in [-0.2, 0) is 4.74 Å². The molecule has 1 aliphatic carbocycles. The Labute approximate surface area is 98.2 Å². The van der Waals surface area contributed by atoms with Crippen molar-refractivity contribution in [2.75, 3.05) is 26.8 Å². The normalized spacial score (nSPS) is 16.7. The Hall–Kier alpha value is -0.350. The van der Waals surface area contributed by atoms with Crippen molar-refractivity contribution in [3.8, 4) is 0 Å². The second kappa shape index (κ2) is 7.01. The zero-order chi connectivity index (χ0) is 11.1. The fourth-order valence-electron chi connectivity index (χ4n) is 2.15. The molecule has 0 unspecified atom stereocenters. The summed E-state index contributed by atoms with van der Waals surface area (Å²) >= 11 is 5.38. The van der Waals surface area contributed by atoms with Crippen LogP contribution in [0.15, 0.2) is 0 Å². The van der Waals surface area contributed by atoms with Crippen LogP contribution in [0, 0.1) is 0 Å². The highest BCUT2D eigenvalue weighted by molar-refractivity contribution is 7.80. The topological polar surface area (TPSA) is 24.5 Å². The van der Waals surface area contributed by atoms with E-state index in [1.807, 2.05) is 0 Å². The van der Waals surface area contributed by atoms with Gasteiger partial charge in [-0.1, -0.05) is 12.8 Å². The van der Waals surface area contributed by atoms with E-state index in [4.69, 9.17) is 17.0 Å². The van der Waals surface area contributed by atoms with Crippen molar-refractivity contribution in [2.45, 2.75) is 38.6 Å². The standard InChI is InChI=1S/C11H22N2OS/c1-3-13(10-6-4-5-7-10)11(15)12-8-9-14-2/h10H,3-9H2,1-2H3,(H,12,15). The maximum atomic E-state index is 5.38. The van der Waals surface area contributed by atoms with Crippen LogP contribution in [0.3, 0.4) is 0 Å². The maximum absolute atomic E-state index is 5.38. The number of hydrogen-bond donors (Lipinski definition) is 1. The maximum Gasteiger partial charge on any atom is 0.169 e. The third kappa shape index (κ3) is 3.95. The van der Waals surface area contributed by atoms with Gasteiger partial charge in [-0.05, 0) is 32.0 Å². The number of hydrogen-bond acceptors (Lipinski definition) is 2. The van der Waals surface area contributed by atoms with Crippen LogP contribution in [0.2, 0.25) is 0 Å². The number of thiocarbonyl (C=S) groups is 1. The molecule has 0 spiro atoms. The Morgan fingerprint density at radius 2 is 2.13 bits per heavy atom. The molecule has 15 heavy (non-hydrogen) atoms. The average molecular weight is 230 g/mol. The number of rotatable bonds is 5. The van der Waals surface area contributed by atoms with Crippen molar-refractivity contribution in [1.29, 1.82) is 0 Å². The van der Waals surface area contributed by atoms with Crippen LogP contribution in [0.5, 0.6) is 0 Å². The second-order valence-electron chi connectivity index (χ2n) is 3.95. The molecule has 0 saturated heterocycles. The smallest absolute Gasteiger partial charge is 0.169 e. The van der Waals surface area contributed by atoms with E-state index in [0.717, 1.165) is 18.2 Å². The molecule has 0 bridgehead atoms. The van der Waals surface area contributed by atoms with Crippen molar-refractivity contribution in [1.82, 2.24) is 10.2 Å². The molecule has 0 heterocycles. The highest BCUT2D eigenvalue weighted by atomic mass is 32.1. The third-order valence-corrected chi connectivity index (χ3v) is 3.33. The predicted molar refractivity (Wildman–Crippen MR) is 67.1 cm³/mol. The molecule has 0 radical (unpaired) electrons. The predicted octanol–water partition coefficient (Wildman–Crippen LogP) is 1.77. The minimum atomic E-state index is 0.664. The van der Waals surface area contributed by atoms with Gasteiger partial charge in [-0.3, -0.25) is 0 Å². The molecule has 0 aromatic heterocycles. The Morgan fingerprint density at radius 1 is 1.47 bits per heavy atom. The molecule has 3 nitrogen and oxygen atoms in total. The third-order valence-electron chi connectivity index (χ3n) is 2.95. The lowest BCUT2D eigenvalue weighted by Gasteiger charge is -2.30. The summed E-state index contributed by atoms with van der Waals surface area (Å²) in [6.07, 6.45) is 5.28. The van der Waals surface area contributed by atoms with E-state index in [1.54, 1.807) is 7.11 Å². The van der Waals surface area contributed by atoms with E-state index in [2.05, 4.69) is 17.1 Å². The Balaban J connectivity index is 2.32. The van der Waals surface area contributed by atoms with Crippen molar-refractivity contribution < 1.29 is 4.74 Å². The first-order valence-electron chi connectivity index (χ1n) is 5.83. The number of nitrogens with zero attached hydrogens (tertiary/aromatic N) is 1. The minimum Gasteiger partial charge on any atom is -0.383 e. The molecule has 0 aromatic carbocycles. The summed E-state index contributed by atoms with van der Waals surface area (Å²) < 4.78 is 4.99. The molecule has 1 aliphatic rings. The van der Waals surface area contributed by atoms with Gasteiger partial charge >= 0.3 is 0 Å². The van der Waals surface area contributed by atoms with Gasteiger partial charge in [0, 0.05) is 26.2 Å². The number of methoxy groups -OCH3 is 1. The van der Waals surface area contributed by atoms with Crippen LogP contribution in [0.25, 0.3) is 0 Å². The highest BCUT2D eigenvalue weighted by Crippen LogP contribution is 2.23. The molecule has 4 heteroatoms. The molecular formula is C11H22N2OS. The summed E-state index contributed by atoms with van der Waals surface area (Å²) in [7, 11) is 1.71. The highest BCUT2D eigenvalue weighted by Gasteiger charge is 2.22. The van der Waals surface area contributed by atoms with E-state index in [-0.39, 0.29) is 0 Å². The first-order valence-corrected chi connectivity index (χ1v) is 6.23. The van der Waals surface area contributed by atoms with Crippen LogP contribution in [-0.4, -0.2) is 42.9 Å². The van der Waals surface area contributed by atoms with Gasteiger partial charge in [-0.2, -0.15) is 0 Å². The lowest BCUT2D eigenvalue weighted by atomic mass is 10.2. The first kappa shape index (κ1) is 12.7. The fraction of sp³-hybridized carbons (Fsp3) is 0.909. The molecular weight excluding hydrogens is 208 g/mol. The van der Waals surface area contributed by atoms with E-state index in [1.165, 1.54) is 25.7 Å². The molecule has 1 fully saturated rings. The molecule has 1 rings (SSSR count). The first-order chi connectivity index (χ1) is 7.29. The molecule has 88 valence electrons. The number of ether oxygens (including phenoxy) is 1. The molecule has 1 N–H and O–H groups in total. The quantitative estimate of drug-likeness (QED) is 0.575.